The van der Waals surface area contributed by atoms with Crippen LogP contribution in [0.5, 0.6) is 0 Å². The second-order valence-corrected chi connectivity index (χ2v) is 2.08. The smallest absolute Gasteiger partial charge is 0.378 e. The van der Waals surface area contributed by atoms with Crippen LogP contribution in [-0.4, -0.2) is 18.9 Å². The first-order valence-corrected chi connectivity index (χ1v) is 2.85. The molecule has 0 fully saturated rings. The monoisotopic (exact) mass is 142 g/mol. The highest BCUT2D eigenvalue weighted by atomic mass is 16.5. The molecular formula is C7H10O3. The van der Waals surface area contributed by atoms with E-state index in [1.165, 1.54) is 13.2 Å². The molecule has 0 aromatic heterocycles. The predicted octanol–water partition coefficient (Wildman–Crippen LogP) is 0.695. The first kappa shape index (κ1) is 8.88. The molecule has 0 amide bonds. The predicted molar refractivity (Wildman–Crippen MR) is 36.5 cm³/mol. The van der Waals surface area contributed by atoms with Gasteiger partial charge in [-0.2, -0.15) is 0 Å². The van der Waals surface area contributed by atoms with Crippen molar-refractivity contribution in [1.29, 1.82) is 0 Å². The van der Waals surface area contributed by atoms with E-state index in [2.05, 4.69) is 4.74 Å². The molecule has 0 saturated carbocycles. The Labute approximate surface area is 59.7 Å². The van der Waals surface area contributed by atoms with Gasteiger partial charge in [0.15, 0.2) is 0 Å². The van der Waals surface area contributed by atoms with Crippen molar-refractivity contribution >= 4 is 11.8 Å². The zero-order valence-corrected chi connectivity index (χ0v) is 6.30. The van der Waals surface area contributed by atoms with Crippen LogP contribution in [0.15, 0.2) is 11.6 Å². The minimum absolute atomic E-state index is 0.609. The summed E-state index contributed by atoms with van der Waals surface area (Å²) >= 11 is 0. The maximum Gasteiger partial charge on any atom is 0.378 e. The van der Waals surface area contributed by atoms with Gasteiger partial charge in [0.1, 0.15) is 0 Å². The highest BCUT2D eigenvalue weighted by molar-refractivity contribution is 6.38. The van der Waals surface area contributed by atoms with E-state index in [9.17, 15) is 9.59 Å². The van der Waals surface area contributed by atoms with Gasteiger partial charge in [0.05, 0.1) is 7.11 Å². The normalized spacial score (nSPS) is 8.30. The lowest BCUT2D eigenvalue weighted by Crippen LogP contribution is -2.12. The SMILES string of the molecule is COC(=O)C(=O)C=C(C)C. The number of rotatable bonds is 2. The molecule has 0 aliphatic rings. The summed E-state index contributed by atoms with van der Waals surface area (Å²) in [5.41, 5.74) is 0.787. The minimum Gasteiger partial charge on any atom is -0.463 e. The Hall–Kier alpha value is -1.12. The fourth-order valence-electron chi connectivity index (χ4n) is 0.422. The largest absolute Gasteiger partial charge is 0.463 e. The molecule has 0 unspecified atom stereocenters. The van der Waals surface area contributed by atoms with Crippen molar-refractivity contribution in [3.8, 4) is 0 Å². The lowest BCUT2D eigenvalue weighted by atomic mass is 10.2. The van der Waals surface area contributed by atoms with Gasteiger partial charge in [0.25, 0.3) is 5.78 Å². The van der Waals surface area contributed by atoms with E-state index in [-0.39, 0.29) is 0 Å². The Morgan fingerprint density at radius 3 is 2.10 bits per heavy atom. The topological polar surface area (TPSA) is 43.4 Å². The van der Waals surface area contributed by atoms with Crippen LogP contribution in [0.3, 0.4) is 0 Å². The number of methoxy groups -OCH3 is 1. The van der Waals surface area contributed by atoms with Crippen molar-refractivity contribution in [2.45, 2.75) is 13.8 Å². The van der Waals surface area contributed by atoms with Gasteiger partial charge in [-0.3, -0.25) is 4.79 Å². The van der Waals surface area contributed by atoms with Crippen LogP contribution in [-0.2, 0) is 14.3 Å². The summed E-state index contributed by atoms with van der Waals surface area (Å²) in [4.78, 5) is 21.1. The summed E-state index contributed by atoms with van der Waals surface area (Å²) in [6, 6.07) is 0. The van der Waals surface area contributed by atoms with Crippen molar-refractivity contribution < 1.29 is 14.3 Å². The molecule has 0 aliphatic heterocycles. The molecule has 0 heterocycles. The van der Waals surface area contributed by atoms with E-state index in [1.54, 1.807) is 13.8 Å². The highest BCUT2D eigenvalue weighted by Crippen LogP contribution is 1.90. The molecule has 0 aliphatic carbocycles. The van der Waals surface area contributed by atoms with Gasteiger partial charge in [-0.25, -0.2) is 4.79 Å². The number of carbonyl (C=O) groups is 2. The van der Waals surface area contributed by atoms with Crippen LogP contribution in [0.4, 0.5) is 0 Å². The van der Waals surface area contributed by atoms with Crippen molar-refractivity contribution in [2.24, 2.45) is 0 Å². The molecular weight excluding hydrogens is 132 g/mol. The molecule has 0 aromatic rings. The van der Waals surface area contributed by atoms with Crippen LogP contribution in [0, 0.1) is 0 Å². The minimum atomic E-state index is -0.818. The first-order valence-electron chi connectivity index (χ1n) is 2.85. The molecule has 0 spiro atoms. The summed E-state index contributed by atoms with van der Waals surface area (Å²) in [7, 11) is 1.18. The Bertz CT molecular complexity index is 175. The quantitative estimate of drug-likeness (QED) is 0.324. The van der Waals surface area contributed by atoms with Gasteiger partial charge < -0.3 is 4.74 Å². The molecule has 0 radical (unpaired) electrons. The number of hydrogen-bond donors (Lipinski definition) is 0. The fourth-order valence-corrected chi connectivity index (χ4v) is 0.422. The van der Waals surface area contributed by atoms with Gasteiger partial charge in [-0.1, -0.05) is 5.57 Å². The van der Waals surface area contributed by atoms with Crippen LogP contribution in [0.2, 0.25) is 0 Å². The Morgan fingerprint density at radius 1 is 1.30 bits per heavy atom. The Morgan fingerprint density at radius 2 is 1.80 bits per heavy atom. The summed E-state index contributed by atoms with van der Waals surface area (Å²) in [5, 5.41) is 0. The van der Waals surface area contributed by atoms with E-state index >= 15 is 0 Å². The average Bonchev–Trinajstić information content (AvgIpc) is 1.85. The summed E-state index contributed by atoms with van der Waals surface area (Å²) in [5.74, 6) is -1.43. The number of hydrogen-bond acceptors (Lipinski definition) is 3. The van der Waals surface area contributed by atoms with Gasteiger partial charge >= 0.3 is 5.97 Å². The van der Waals surface area contributed by atoms with E-state index < -0.39 is 11.8 Å². The van der Waals surface area contributed by atoms with Gasteiger partial charge in [-0.05, 0) is 19.9 Å². The van der Waals surface area contributed by atoms with Gasteiger partial charge in [-0.15, -0.1) is 0 Å². The van der Waals surface area contributed by atoms with Gasteiger partial charge in [0, 0.05) is 0 Å². The van der Waals surface area contributed by atoms with Crippen LogP contribution < -0.4 is 0 Å². The number of ketones is 1. The summed E-state index contributed by atoms with van der Waals surface area (Å²) < 4.78 is 4.18. The standard InChI is InChI=1S/C7H10O3/c1-5(2)4-6(8)7(9)10-3/h4H,1-3H3. The van der Waals surface area contributed by atoms with E-state index in [0.717, 1.165) is 5.57 Å². The maximum absolute atomic E-state index is 10.6. The molecule has 0 aromatic carbocycles. The third-order valence-corrected chi connectivity index (χ3v) is 0.806. The van der Waals surface area contributed by atoms with E-state index in [0.29, 0.717) is 0 Å². The van der Waals surface area contributed by atoms with E-state index in [4.69, 9.17) is 0 Å². The number of esters is 1. The molecule has 3 nitrogen and oxygen atoms in total. The fraction of sp³-hybridized carbons (Fsp3) is 0.429. The Balaban J connectivity index is 4.11. The molecule has 10 heavy (non-hydrogen) atoms. The van der Waals surface area contributed by atoms with Crippen LogP contribution >= 0.6 is 0 Å². The van der Waals surface area contributed by atoms with Crippen LogP contribution in [0.1, 0.15) is 13.8 Å². The maximum atomic E-state index is 10.6. The number of allylic oxidation sites excluding steroid dienone is 1. The number of ether oxygens (including phenoxy) is 1. The first-order chi connectivity index (χ1) is 4.57. The zero-order chi connectivity index (χ0) is 8.15. The summed E-state index contributed by atoms with van der Waals surface area (Å²) in [6.07, 6.45) is 1.24. The van der Waals surface area contributed by atoms with Crippen molar-refractivity contribution in [1.82, 2.24) is 0 Å². The van der Waals surface area contributed by atoms with Crippen molar-refractivity contribution in [3.05, 3.63) is 11.6 Å². The molecule has 56 valence electrons. The van der Waals surface area contributed by atoms with Crippen LogP contribution in [0.25, 0.3) is 0 Å². The average molecular weight is 142 g/mol. The molecule has 0 bridgehead atoms. The molecule has 3 heteroatoms. The second-order valence-electron chi connectivity index (χ2n) is 2.08. The molecule has 0 N–H and O–H groups in total. The number of carbonyl (C=O) groups excluding carboxylic acids is 2. The summed E-state index contributed by atoms with van der Waals surface area (Å²) in [6.45, 7) is 3.47. The lowest BCUT2D eigenvalue weighted by Gasteiger charge is -1.91. The van der Waals surface area contributed by atoms with Crippen molar-refractivity contribution in [2.75, 3.05) is 7.11 Å². The zero-order valence-electron chi connectivity index (χ0n) is 6.30. The lowest BCUT2D eigenvalue weighted by molar-refractivity contribution is -0.149. The molecule has 0 atom stereocenters. The Kier molecular flexibility index (Phi) is 3.39. The molecule has 0 saturated heterocycles. The third-order valence-electron chi connectivity index (χ3n) is 0.806. The van der Waals surface area contributed by atoms with Gasteiger partial charge in [0.2, 0.25) is 0 Å². The highest BCUT2D eigenvalue weighted by Gasteiger charge is 2.08. The molecule has 0 rings (SSSR count). The van der Waals surface area contributed by atoms with Crippen molar-refractivity contribution in [3.63, 3.8) is 0 Å². The second kappa shape index (κ2) is 3.82. The van der Waals surface area contributed by atoms with E-state index in [1.807, 2.05) is 0 Å². The third kappa shape index (κ3) is 3.02.